The van der Waals surface area contributed by atoms with E-state index in [9.17, 15) is 0 Å². The number of rotatable bonds is 2. The van der Waals surface area contributed by atoms with E-state index in [2.05, 4.69) is 158 Å². The number of anilines is 3. The molecule has 0 bridgehead atoms. The molecule has 3 heterocycles. The van der Waals surface area contributed by atoms with Crippen LogP contribution in [0.3, 0.4) is 0 Å². The van der Waals surface area contributed by atoms with Gasteiger partial charge >= 0.3 is 0 Å². The number of aromatic nitrogens is 2. The number of benzene rings is 5. The fraction of sp³-hybridized carbons (Fsp3) is 0.146. The van der Waals surface area contributed by atoms with Crippen molar-refractivity contribution in [3.63, 3.8) is 0 Å². The molecular weight excluding hydrogens is 534 g/mol. The van der Waals surface area contributed by atoms with Crippen molar-refractivity contribution in [2.24, 2.45) is 0 Å². The van der Waals surface area contributed by atoms with Crippen LogP contribution in [0.25, 0.3) is 38.8 Å². The van der Waals surface area contributed by atoms with E-state index in [-0.39, 0.29) is 10.8 Å². The molecule has 3 heteroatoms. The van der Waals surface area contributed by atoms with Crippen LogP contribution in [0.5, 0.6) is 0 Å². The highest BCUT2D eigenvalue weighted by Crippen LogP contribution is 2.52. The monoisotopic (exact) mass is 567 g/mol. The predicted octanol–water partition coefficient (Wildman–Crippen LogP) is 10.6. The maximum Gasteiger partial charge on any atom is 0.0746 e. The third kappa shape index (κ3) is 3.24. The Morgan fingerprint density at radius 1 is 0.500 bits per heavy atom. The van der Waals surface area contributed by atoms with Gasteiger partial charge in [-0.25, -0.2) is 0 Å². The van der Waals surface area contributed by atoms with Crippen LogP contribution in [0.4, 0.5) is 17.1 Å². The number of hydrogen-bond acceptors (Lipinski definition) is 2. The summed E-state index contributed by atoms with van der Waals surface area (Å²) in [5.41, 5.74) is 14.7. The zero-order chi connectivity index (χ0) is 29.8. The quantitative estimate of drug-likeness (QED) is 0.207. The molecule has 0 radical (unpaired) electrons. The van der Waals surface area contributed by atoms with Crippen molar-refractivity contribution in [2.45, 2.75) is 38.5 Å². The number of pyridine rings is 1. The molecule has 9 rings (SSSR count). The second-order valence-electron chi connectivity index (χ2n) is 13.3. The summed E-state index contributed by atoms with van der Waals surface area (Å²) in [6.45, 7) is 9.28. The largest absolute Gasteiger partial charge is 0.310 e. The summed E-state index contributed by atoms with van der Waals surface area (Å²) in [5.74, 6) is 0. The van der Waals surface area contributed by atoms with Crippen molar-refractivity contribution in [1.82, 2.24) is 9.55 Å². The van der Waals surface area contributed by atoms with E-state index < -0.39 is 0 Å². The summed E-state index contributed by atoms with van der Waals surface area (Å²) in [6.07, 6.45) is 1.91. The smallest absolute Gasteiger partial charge is 0.0746 e. The molecule has 0 amide bonds. The van der Waals surface area contributed by atoms with Crippen molar-refractivity contribution in [1.29, 1.82) is 0 Å². The molecule has 212 valence electrons. The first-order chi connectivity index (χ1) is 21.4. The maximum absolute atomic E-state index is 4.84. The first kappa shape index (κ1) is 25.4. The summed E-state index contributed by atoms with van der Waals surface area (Å²) >= 11 is 0. The summed E-state index contributed by atoms with van der Waals surface area (Å²) in [4.78, 5) is 7.28. The molecule has 5 aromatic carbocycles. The van der Waals surface area contributed by atoms with Gasteiger partial charge in [-0.2, -0.15) is 0 Å². The molecule has 44 heavy (non-hydrogen) atoms. The fourth-order valence-electron chi connectivity index (χ4n) is 8.01. The third-order valence-electron chi connectivity index (χ3n) is 10.2. The Labute approximate surface area is 258 Å². The van der Waals surface area contributed by atoms with E-state index in [1.54, 1.807) is 0 Å². The molecule has 1 aliphatic heterocycles. The summed E-state index contributed by atoms with van der Waals surface area (Å²) in [5, 5.41) is 2.50. The summed E-state index contributed by atoms with van der Waals surface area (Å²) < 4.78 is 2.42. The molecule has 0 N–H and O–H groups in total. The standard InChI is InChI=1S/C41H33N3/c1-40(2)31-21-19-26(25-30(31)39-34(40)15-11-23-42-39)43-35-16-8-5-12-28(35)29-24-27(20-22-36(29)43)44-37-17-9-6-13-32(37)41(3,4)33-14-7-10-18-38(33)44/h5-25H,1-4H3. The first-order valence-corrected chi connectivity index (χ1v) is 15.5. The molecule has 0 unspecified atom stereocenters. The molecular formula is C41H33N3. The van der Waals surface area contributed by atoms with E-state index in [0.717, 1.165) is 11.4 Å². The maximum atomic E-state index is 4.84. The zero-order valence-electron chi connectivity index (χ0n) is 25.5. The Balaban J connectivity index is 1.27. The van der Waals surface area contributed by atoms with Gasteiger partial charge in [0.25, 0.3) is 0 Å². The van der Waals surface area contributed by atoms with Crippen LogP contribution in [0.1, 0.15) is 49.9 Å². The minimum absolute atomic E-state index is 0.0667. The molecule has 0 saturated heterocycles. The molecule has 0 spiro atoms. The average Bonchev–Trinajstić information content (AvgIpc) is 3.50. The van der Waals surface area contributed by atoms with Crippen LogP contribution < -0.4 is 4.90 Å². The van der Waals surface area contributed by atoms with Crippen LogP contribution in [0.15, 0.2) is 128 Å². The second kappa shape index (κ2) is 8.70. The molecule has 0 saturated carbocycles. The Morgan fingerprint density at radius 3 is 1.89 bits per heavy atom. The van der Waals surface area contributed by atoms with E-state index >= 15 is 0 Å². The first-order valence-electron chi connectivity index (χ1n) is 15.5. The molecule has 3 nitrogen and oxygen atoms in total. The lowest BCUT2D eigenvalue weighted by Crippen LogP contribution is -2.30. The van der Waals surface area contributed by atoms with Gasteiger partial charge in [-0.05, 0) is 76.9 Å². The number of nitrogens with zero attached hydrogens (tertiary/aromatic N) is 3. The molecule has 0 atom stereocenters. The van der Waals surface area contributed by atoms with E-state index in [1.807, 2.05) is 6.20 Å². The van der Waals surface area contributed by atoms with Crippen LogP contribution >= 0.6 is 0 Å². The second-order valence-corrected chi connectivity index (χ2v) is 13.3. The molecule has 0 fully saturated rings. The molecule has 7 aromatic rings. The molecule has 1 aliphatic carbocycles. The Kier molecular flexibility index (Phi) is 5.02. The van der Waals surface area contributed by atoms with Crippen LogP contribution in [0, 0.1) is 0 Å². The van der Waals surface area contributed by atoms with Crippen molar-refractivity contribution < 1.29 is 0 Å². The Hall–Kier alpha value is -5.15. The SMILES string of the molecule is CC1(C)c2ccccc2N(c2ccc3c(c2)c2ccccc2n3-c2ccc3c(c2)-c2ncccc2C3(C)C)c2ccccc21. The van der Waals surface area contributed by atoms with Gasteiger partial charge in [-0.15, -0.1) is 0 Å². The van der Waals surface area contributed by atoms with Gasteiger partial charge < -0.3 is 9.47 Å². The molecule has 2 aromatic heterocycles. The van der Waals surface area contributed by atoms with Crippen LogP contribution in [0.2, 0.25) is 0 Å². The number of para-hydroxylation sites is 3. The highest BCUT2D eigenvalue weighted by Gasteiger charge is 2.38. The average molecular weight is 568 g/mol. The third-order valence-corrected chi connectivity index (χ3v) is 10.2. The van der Waals surface area contributed by atoms with Crippen molar-refractivity contribution in [2.75, 3.05) is 4.90 Å². The van der Waals surface area contributed by atoms with E-state index in [0.29, 0.717) is 0 Å². The van der Waals surface area contributed by atoms with Gasteiger partial charge in [0.15, 0.2) is 0 Å². The number of fused-ring (bicyclic) bond motifs is 8. The minimum Gasteiger partial charge on any atom is -0.310 e. The van der Waals surface area contributed by atoms with Gasteiger partial charge in [-0.1, -0.05) is 94.4 Å². The minimum atomic E-state index is -0.0839. The lowest BCUT2D eigenvalue weighted by molar-refractivity contribution is 0.632. The Morgan fingerprint density at radius 2 is 1.11 bits per heavy atom. The summed E-state index contributed by atoms with van der Waals surface area (Å²) in [6, 6.07) is 44.7. The Bertz CT molecular complexity index is 2250. The van der Waals surface area contributed by atoms with Gasteiger partial charge in [0.2, 0.25) is 0 Å². The fourth-order valence-corrected chi connectivity index (χ4v) is 8.01. The van der Waals surface area contributed by atoms with Crippen LogP contribution in [-0.4, -0.2) is 9.55 Å². The van der Waals surface area contributed by atoms with Gasteiger partial charge in [0, 0.05) is 44.7 Å². The molecule has 2 aliphatic rings. The summed E-state index contributed by atoms with van der Waals surface area (Å²) in [7, 11) is 0. The van der Waals surface area contributed by atoms with Gasteiger partial charge in [0.05, 0.1) is 28.1 Å². The van der Waals surface area contributed by atoms with Crippen molar-refractivity contribution >= 4 is 38.9 Å². The van der Waals surface area contributed by atoms with Crippen LogP contribution in [-0.2, 0) is 10.8 Å². The van der Waals surface area contributed by atoms with E-state index in [4.69, 9.17) is 4.98 Å². The topological polar surface area (TPSA) is 21.1 Å². The highest BCUT2D eigenvalue weighted by molar-refractivity contribution is 6.11. The van der Waals surface area contributed by atoms with E-state index in [1.165, 1.54) is 66.7 Å². The lowest BCUT2D eigenvalue weighted by atomic mass is 9.73. The van der Waals surface area contributed by atoms with Crippen molar-refractivity contribution in [3.8, 4) is 16.9 Å². The number of hydrogen-bond donors (Lipinski definition) is 0. The zero-order valence-corrected chi connectivity index (χ0v) is 25.5. The van der Waals surface area contributed by atoms with Crippen molar-refractivity contribution in [3.05, 3.63) is 150 Å². The van der Waals surface area contributed by atoms with Gasteiger partial charge in [-0.3, -0.25) is 4.98 Å². The predicted molar refractivity (Wildman–Crippen MR) is 183 cm³/mol. The normalized spacial score (nSPS) is 15.6. The van der Waals surface area contributed by atoms with Gasteiger partial charge in [0.1, 0.15) is 0 Å². The lowest BCUT2D eigenvalue weighted by Gasteiger charge is -2.42. The highest BCUT2D eigenvalue weighted by atomic mass is 15.2.